The molecule has 7 heteroatoms. The number of anilines is 1. The Morgan fingerprint density at radius 1 is 1.09 bits per heavy atom. The van der Waals surface area contributed by atoms with E-state index in [2.05, 4.69) is 17.4 Å². The number of carbonyl (C=O) groups is 1. The number of thioether (sulfide) groups is 1. The predicted molar refractivity (Wildman–Crippen MR) is 132 cm³/mol. The average Bonchev–Trinajstić information content (AvgIpc) is 3.53. The SMILES string of the molecule is COc1ccc(C2c3sc(=O)n(CC(=O)Nc4ccccc4)c3SC3C4CCC(C4)C23)cc1. The van der Waals surface area contributed by atoms with Gasteiger partial charge in [0.1, 0.15) is 12.3 Å². The lowest BCUT2D eigenvalue weighted by molar-refractivity contribution is -0.116. The van der Waals surface area contributed by atoms with Crippen molar-refractivity contribution >= 4 is 34.7 Å². The smallest absolute Gasteiger partial charge is 0.308 e. The quantitative estimate of drug-likeness (QED) is 0.547. The van der Waals surface area contributed by atoms with Gasteiger partial charge in [0.25, 0.3) is 0 Å². The monoisotopic (exact) mass is 478 g/mol. The maximum absolute atomic E-state index is 13.1. The first kappa shape index (κ1) is 21.1. The van der Waals surface area contributed by atoms with Crippen LogP contribution in [0, 0.1) is 17.8 Å². The zero-order valence-electron chi connectivity index (χ0n) is 18.4. The van der Waals surface area contributed by atoms with Gasteiger partial charge in [-0.05, 0) is 66.8 Å². The molecule has 1 aliphatic heterocycles. The summed E-state index contributed by atoms with van der Waals surface area (Å²) in [5.41, 5.74) is 2.00. The van der Waals surface area contributed by atoms with Crippen LogP contribution in [0.3, 0.4) is 0 Å². The number of thiazole rings is 1. The van der Waals surface area contributed by atoms with E-state index in [1.807, 2.05) is 54.2 Å². The maximum Gasteiger partial charge on any atom is 0.308 e. The van der Waals surface area contributed by atoms with Crippen molar-refractivity contribution in [1.82, 2.24) is 4.57 Å². The maximum atomic E-state index is 13.1. The van der Waals surface area contributed by atoms with Crippen molar-refractivity contribution in [2.24, 2.45) is 17.8 Å². The third-order valence-corrected chi connectivity index (χ3v) is 10.4. The lowest BCUT2D eigenvalue weighted by Gasteiger charge is -2.40. The first-order valence-corrected chi connectivity index (χ1v) is 13.2. The molecule has 2 fully saturated rings. The van der Waals surface area contributed by atoms with E-state index in [0.717, 1.165) is 27.3 Å². The van der Waals surface area contributed by atoms with E-state index in [1.165, 1.54) is 36.2 Å². The van der Waals surface area contributed by atoms with Gasteiger partial charge in [-0.1, -0.05) is 41.7 Å². The second-order valence-electron chi connectivity index (χ2n) is 9.28. The number of hydrogen-bond acceptors (Lipinski definition) is 5. The summed E-state index contributed by atoms with van der Waals surface area (Å²) in [5.74, 6) is 2.88. The lowest BCUT2D eigenvalue weighted by atomic mass is 9.75. The standard InChI is InChI=1S/C26H26N2O3S2/c1-31-19-11-9-15(10-12-19)21-22-16-7-8-17(13-16)23(22)32-25-24(21)33-26(30)28(25)14-20(29)27-18-5-3-2-4-6-18/h2-6,9-12,16-17,21-23H,7-8,13-14H2,1H3,(H,27,29). The van der Waals surface area contributed by atoms with Gasteiger partial charge in [-0.25, -0.2) is 0 Å². The van der Waals surface area contributed by atoms with Crippen molar-refractivity contribution in [3.8, 4) is 5.75 Å². The summed E-state index contributed by atoms with van der Waals surface area (Å²) in [6, 6.07) is 17.8. The highest BCUT2D eigenvalue weighted by Crippen LogP contribution is 2.64. The second kappa shape index (κ2) is 8.37. The number of nitrogens with zero attached hydrogens (tertiary/aromatic N) is 1. The van der Waals surface area contributed by atoms with Crippen molar-refractivity contribution in [3.63, 3.8) is 0 Å². The minimum atomic E-state index is -0.166. The van der Waals surface area contributed by atoms with Crippen molar-refractivity contribution in [1.29, 1.82) is 0 Å². The summed E-state index contributed by atoms with van der Waals surface area (Å²) in [6.07, 6.45) is 3.87. The van der Waals surface area contributed by atoms with Crippen molar-refractivity contribution in [2.75, 3.05) is 12.4 Å². The Balaban J connectivity index is 1.37. The van der Waals surface area contributed by atoms with E-state index in [1.54, 1.807) is 11.7 Å². The largest absolute Gasteiger partial charge is 0.497 e. The predicted octanol–water partition coefficient (Wildman–Crippen LogP) is 5.21. The Kier molecular flexibility index (Phi) is 5.34. The molecule has 5 nitrogen and oxygen atoms in total. The molecule has 1 N–H and O–H groups in total. The second-order valence-corrected chi connectivity index (χ2v) is 11.4. The molecule has 3 aliphatic rings. The van der Waals surface area contributed by atoms with Gasteiger partial charge >= 0.3 is 4.87 Å². The number of amides is 1. The molecule has 1 aromatic heterocycles. The van der Waals surface area contributed by atoms with Crippen LogP contribution in [-0.4, -0.2) is 22.8 Å². The van der Waals surface area contributed by atoms with Gasteiger partial charge in [-0.3, -0.25) is 14.2 Å². The summed E-state index contributed by atoms with van der Waals surface area (Å²) in [5, 5.41) is 4.44. The molecule has 0 radical (unpaired) electrons. The molecular formula is C26H26N2O3S2. The summed E-state index contributed by atoms with van der Waals surface area (Å²) >= 11 is 3.19. The van der Waals surface area contributed by atoms with Crippen molar-refractivity contribution < 1.29 is 9.53 Å². The number of aromatic nitrogens is 1. The zero-order valence-corrected chi connectivity index (χ0v) is 20.0. The van der Waals surface area contributed by atoms with Crippen LogP contribution < -0.4 is 14.9 Å². The number of methoxy groups -OCH3 is 1. The van der Waals surface area contributed by atoms with Crippen molar-refractivity contribution in [2.45, 2.75) is 42.0 Å². The zero-order chi connectivity index (χ0) is 22.5. The van der Waals surface area contributed by atoms with Gasteiger partial charge in [0.2, 0.25) is 5.91 Å². The minimum Gasteiger partial charge on any atom is -0.497 e. The van der Waals surface area contributed by atoms with E-state index >= 15 is 0 Å². The number of nitrogens with one attached hydrogen (secondary N) is 1. The normalized spacial score (nSPS) is 27.1. The third kappa shape index (κ3) is 3.62. The van der Waals surface area contributed by atoms with Gasteiger partial charge in [0, 0.05) is 21.7 Å². The molecule has 2 aromatic carbocycles. The molecule has 0 spiro atoms. The number of para-hydroxylation sites is 1. The number of fused-ring (bicyclic) bond motifs is 6. The van der Waals surface area contributed by atoms with E-state index in [4.69, 9.17) is 4.74 Å². The molecule has 2 bridgehead atoms. The van der Waals surface area contributed by atoms with Crippen LogP contribution in [0.15, 0.2) is 64.4 Å². The van der Waals surface area contributed by atoms with Gasteiger partial charge in [-0.2, -0.15) is 0 Å². The fourth-order valence-electron chi connectivity index (χ4n) is 6.14. The van der Waals surface area contributed by atoms with E-state index in [-0.39, 0.29) is 23.2 Å². The molecule has 2 saturated carbocycles. The highest BCUT2D eigenvalue weighted by atomic mass is 32.2. The summed E-state index contributed by atoms with van der Waals surface area (Å²) in [4.78, 5) is 27.0. The Hall–Kier alpha value is -2.51. The van der Waals surface area contributed by atoms with Crippen LogP contribution in [0.4, 0.5) is 5.69 Å². The van der Waals surface area contributed by atoms with Crippen LogP contribution in [0.5, 0.6) is 5.75 Å². The molecule has 0 saturated heterocycles. The number of rotatable bonds is 5. The molecule has 3 aromatic rings. The number of ether oxygens (including phenoxy) is 1. The molecule has 6 rings (SSSR count). The first-order valence-electron chi connectivity index (χ1n) is 11.5. The fraction of sp³-hybridized carbons (Fsp3) is 0.385. The van der Waals surface area contributed by atoms with Crippen LogP contribution in [0.25, 0.3) is 0 Å². The Bertz CT molecular complexity index is 1230. The number of carbonyl (C=O) groups excluding carboxylic acids is 1. The molecule has 170 valence electrons. The highest BCUT2D eigenvalue weighted by Gasteiger charge is 2.55. The fourth-order valence-corrected chi connectivity index (χ4v) is 9.29. The number of benzene rings is 2. The van der Waals surface area contributed by atoms with Crippen LogP contribution in [-0.2, 0) is 11.3 Å². The Morgan fingerprint density at radius 2 is 1.85 bits per heavy atom. The summed E-state index contributed by atoms with van der Waals surface area (Å²) in [7, 11) is 1.68. The Morgan fingerprint density at radius 3 is 2.61 bits per heavy atom. The summed E-state index contributed by atoms with van der Waals surface area (Å²) in [6.45, 7) is 0.0490. The van der Waals surface area contributed by atoms with E-state index < -0.39 is 0 Å². The van der Waals surface area contributed by atoms with Gasteiger partial charge in [0.05, 0.1) is 12.1 Å². The van der Waals surface area contributed by atoms with Crippen LogP contribution in [0.2, 0.25) is 0 Å². The van der Waals surface area contributed by atoms with Gasteiger partial charge in [-0.15, -0.1) is 11.8 Å². The van der Waals surface area contributed by atoms with E-state index in [0.29, 0.717) is 17.1 Å². The Labute approximate surface area is 201 Å². The summed E-state index contributed by atoms with van der Waals surface area (Å²) < 4.78 is 7.09. The van der Waals surface area contributed by atoms with Crippen LogP contribution >= 0.6 is 23.1 Å². The molecule has 2 aliphatic carbocycles. The molecule has 2 heterocycles. The topological polar surface area (TPSA) is 60.3 Å². The van der Waals surface area contributed by atoms with Gasteiger partial charge < -0.3 is 10.1 Å². The lowest BCUT2D eigenvalue weighted by Crippen LogP contribution is -2.34. The first-order chi connectivity index (χ1) is 16.1. The van der Waals surface area contributed by atoms with Crippen molar-refractivity contribution in [3.05, 3.63) is 74.7 Å². The molecule has 33 heavy (non-hydrogen) atoms. The minimum absolute atomic E-state index is 0.0402. The number of hydrogen-bond donors (Lipinski definition) is 1. The van der Waals surface area contributed by atoms with Crippen LogP contribution in [0.1, 0.15) is 35.6 Å². The molecule has 5 atom stereocenters. The average molecular weight is 479 g/mol. The molecule has 5 unspecified atom stereocenters. The third-order valence-electron chi connectivity index (χ3n) is 7.52. The molecule has 1 amide bonds. The molecular weight excluding hydrogens is 452 g/mol. The van der Waals surface area contributed by atoms with Gasteiger partial charge in [0.15, 0.2) is 0 Å². The van der Waals surface area contributed by atoms with E-state index in [9.17, 15) is 9.59 Å². The highest BCUT2D eigenvalue weighted by molar-refractivity contribution is 8.00.